The van der Waals surface area contributed by atoms with Gasteiger partial charge in [-0.2, -0.15) is 0 Å². The van der Waals surface area contributed by atoms with Crippen molar-refractivity contribution in [2.45, 2.75) is 45.1 Å². The fourth-order valence-corrected chi connectivity index (χ4v) is 7.67. The quantitative estimate of drug-likeness (QED) is 0.202. The molecule has 3 aliphatic rings. The largest absolute Gasteiger partial charge is 0.457 e. The van der Waals surface area contributed by atoms with E-state index in [2.05, 4.69) is 20.5 Å². The van der Waals surface area contributed by atoms with Gasteiger partial charge in [-0.15, -0.1) is 11.3 Å². The van der Waals surface area contributed by atoms with E-state index < -0.39 is 0 Å². The van der Waals surface area contributed by atoms with Gasteiger partial charge in [-0.3, -0.25) is 19.4 Å². The fraction of sp³-hybridized carbons (Fsp3) is 0.333. The second-order valence-corrected chi connectivity index (χ2v) is 13.3. The van der Waals surface area contributed by atoms with Gasteiger partial charge in [-0.05, 0) is 87.7 Å². The number of rotatable bonds is 8. The van der Waals surface area contributed by atoms with Crippen molar-refractivity contribution in [3.05, 3.63) is 83.4 Å². The lowest BCUT2D eigenvalue weighted by molar-refractivity contribution is -0.127. The molecule has 10 nitrogen and oxygen atoms in total. The molecule has 2 fully saturated rings. The van der Waals surface area contributed by atoms with Crippen molar-refractivity contribution >= 4 is 56.5 Å². The van der Waals surface area contributed by atoms with Gasteiger partial charge in [0.15, 0.2) is 0 Å². The first-order valence-electron chi connectivity index (χ1n) is 16.3. The second-order valence-electron chi connectivity index (χ2n) is 12.3. The van der Waals surface area contributed by atoms with Crippen LogP contribution in [0.5, 0.6) is 11.5 Å². The zero-order valence-corrected chi connectivity index (χ0v) is 27.2. The molecule has 5 heterocycles. The second kappa shape index (κ2) is 13.5. The number of carbonyl (C=O) groups excluding carboxylic acids is 3. The number of thiophene rings is 1. The number of hydrogen-bond acceptors (Lipinski definition) is 7. The molecule has 0 spiro atoms. The van der Waals surface area contributed by atoms with Gasteiger partial charge in [0, 0.05) is 37.9 Å². The highest BCUT2D eigenvalue weighted by Gasteiger charge is 2.34. The van der Waals surface area contributed by atoms with Crippen molar-refractivity contribution in [1.29, 1.82) is 0 Å². The standard InChI is InChI=1S/C36H38N6O4S/c1-24-22-27(46-26-11-4-2-5-12-26)14-15-28(24)42-29-16-17-37-35-31(29)32(39-36(42)45)33(47-35)34(44)38-25-10-8-21-41(23-25)30(43)13-9-20-40-18-6-3-7-19-40/h2,4-5,9,11-17,22,25H,3,6-8,10,18-21,23H2,1H3,(H,38,44)(H,39,45)/b13-9+. The molecular formula is C36H38N6O4S. The summed E-state index contributed by atoms with van der Waals surface area (Å²) < 4.78 is 6.00. The van der Waals surface area contributed by atoms with Crippen molar-refractivity contribution in [1.82, 2.24) is 20.1 Å². The van der Waals surface area contributed by atoms with Crippen LogP contribution in [0, 0.1) is 6.92 Å². The van der Waals surface area contributed by atoms with Gasteiger partial charge in [0.05, 0.1) is 22.4 Å². The summed E-state index contributed by atoms with van der Waals surface area (Å²) >= 11 is 1.26. The third-order valence-electron chi connectivity index (χ3n) is 8.98. The zero-order chi connectivity index (χ0) is 32.3. The maximum absolute atomic E-state index is 13.7. The summed E-state index contributed by atoms with van der Waals surface area (Å²) in [4.78, 5) is 51.7. The Morgan fingerprint density at radius 3 is 2.66 bits per heavy atom. The van der Waals surface area contributed by atoms with E-state index in [-0.39, 0.29) is 23.9 Å². The molecular weight excluding hydrogens is 613 g/mol. The SMILES string of the molecule is Cc1cc(Oc2ccccc2)ccc1N1C(=O)Nc2c(C(=O)NC3CCCN(C(=O)/C=C/CN4CCCCC4)C3)sc3nccc1c23. The van der Waals surface area contributed by atoms with Crippen molar-refractivity contribution in [2.75, 3.05) is 42.9 Å². The lowest BCUT2D eigenvalue weighted by Gasteiger charge is -2.33. The van der Waals surface area contributed by atoms with Crippen molar-refractivity contribution < 1.29 is 19.1 Å². The number of nitrogens with zero attached hydrogens (tertiary/aromatic N) is 4. The minimum atomic E-state index is -0.358. The number of anilines is 3. The third kappa shape index (κ3) is 6.59. The van der Waals surface area contributed by atoms with Gasteiger partial charge in [-0.25, -0.2) is 9.78 Å². The van der Waals surface area contributed by atoms with E-state index in [0.717, 1.165) is 49.2 Å². The minimum Gasteiger partial charge on any atom is -0.457 e. The Morgan fingerprint density at radius 2 is 1.85 bits per heavy atom. The Kier molecular flexibility index (Phi) is 8.90. The molecule has 242 valence electrons. The molecule has 0 aliphatic carbocycles. The summed E-state index contributed by atoms with van der Waals surface area (Å²) in [6.07, 6.45) is 10.6. The van der Waals surface area contributed by atoms with Crippen LogP contribution < -0.4 is 20.3 Å². The van der Waals surface area contributed by atoms with Crippen LogP contribution in [0.3, 0.4) is 0 Å². The molecule has 1 unspecified atom stereocenters. The van der Waals surface area contributed by atoms with Crippen LogP contribution in [0.15, 0.2) is 72.9 Å². The van der Waals surface area contributed by atoms with Crippen LogP contribution in [-0.2, 0) is 4.79 Å². The molecule has 2 N–H and O–H groups in total. The maximum atomic E-state index is 13.7. The Morgan fingerprint density at radius 1 is 1.02 bits per heavy atom. The summed E-state index contributed by atoms with van der Waals surface area (Å²) in [5, 5.41) is 6.85. The molecule has 4 aromatic rings. The number of nitrogens with one attached hydrogen (secondary N) is 2. The Labute approximate surface area is 278 Å². The van der Waals surface area contributed by atoms with Gasteiger partial charge in [-0.1, -0.05) is 30.7 Å². The first-order chi connectivity index (χ1) is 22.9. The van der Waals surface area contributed by atoms with Crippen molar-refractivity contribution in [3.8, 4) is 11.5 Å². The van der Waals surface area contributed by atoms with Crippen LogP contribution in [0.2, 0.25) is 0 Å². The summed E-state index contributed by atoms with van der Waals surface area (Å²) in [6.45, 7) is 6.02. The summed E-state index contributed by atoms with van der Waals surface area (Å²) in [6, 6.07) is 16.4. The predicted octanol–water partition coefficient (Wildman–Crippen LogP) is 6.84. The maximum Gasteiger partial charge on any atom is 0.331 e. The van der Waals surface area contributed by atoms with Gasteiger partial charge >= 0.3 is 6.03 Å². The number of pyridine rings is 1. The first kappa shape index (κ1) is 30.9. The third-order valence-corrected chi connectivity index (χ3v) is 10.1. The topological polar surface area (TPSA) is 107 Å². The lowest BCUT2D eigenvalue weighted by atomic mass is 10.0. The highest BCUT2D eigenvalue weighted by molar-refractivity contribution is 7.21. The number of amides is 4. The predicted molar refractivity (Wildman–Crippen MR) is 185 cm³/mol. The van der Waals surface area contributed by atoms with Crippen LogP contribution >= 0.6 is 11.3 Å². The summed E-state index contributed by atoms with van der Waals surface area (Å²) in [5.41, 5.74) is 2.69. The Bertz CT molecular complexity index is 1830. The number of hydrogen-bond donors (Lipinski definition) is 2. The van der Waals surface area contributed by atoms with Crippen LogP contribution in [0.4, 0.5) is 21.9 Å². The number of aromatic nitrogens is 1. The van der Waals surface area contributed by atoms with Crippen LogP contribution in [0.25, 0.3) is 10.2 Å². The van der Waals surface area contributed by atoms with Gasteiger partial charge in [0.2, 0.25) is 5.91 Å². The van der Waals surface area contributed by atoms with E-state index in [0.29, 0.717) is 45.6 Å². The molecule has 2 aromatic heterocycles. The summed E-state index contributed by atoms with van der Waals surface area (Å²) in [5.74, 6) is 1.10. The highest BCUT2D eigenvalue weighted by Crippen LogP contribution is 2.46. The molecule has 0 bridgehead atoms. The average molecular weight is 651 g/mol. The molecule has 1 atom stereocenters. The van der Waals surface area contributed by atoms with E-state index in [9.17, 15) is 14.4 Å². The molecule has 3 aliphatic heterocycles. The lowest BCUT2D eigenvalue weighted by Crippen LogP contribution is -2.49. The van der Waals surface area contributed by atoms with Crippen LogP contribution in [0.1, 0.15) is 47.3 Å². The number of aryl methyl sites for hydroxylation is 1. The highest BCUT2D eigenvalue weighted by atomic mass is 32.1. The van der Waals surface area contributed by atoms with E-state index in [4.69, 9.17) is 4.74 Å². The zero-order valence-electron chi connectivity index (χ0n) is 26.4. The van der Waals surface area contributed by atoms with Gasteiger partial charge in [0.25, 0.3) is 5.91 Å². The number of benzene rings is 2. The molecule has 2 aromatic carbocycles. The van der Waals surface area contributed by atoms with E-state index in [1.165, 1.54) is 30.6 Å². The molecule has 0 saturated carbocycles. The molecule has 4 amide bonds. The molecule has 11 heteroatoms. The monoisotopic (exact) mass is 650 g/mol. The minimum absolute atomic E-state index is 0.0194. The summed E-state index contributed by atoms with van der Waals surface area (Å²) in [7, 11) is 0. The molecule has 7 rings (SSSR count). The normalized spacial score (nSPS) is 18.4. The smallest absolute Gasteiger partial charge is 0.331 e. The van der Waals surface area contributed by atoms with Gasteiger partial charge in [0.1, 0.15) is 21.2 Å². The Balaban J connectivity index is 1.06. The number of ether oxygens (including phenoxy) is 1. The molecule has 47 heavy (non-hydrogen) atoms. The number of urea groups is 1. The Hall–Kier alpha value is -4.74. The number of piperidine rings is 2. The van der Waals surface area contributed by atoms with E-state index >= 15 is 0 Å². The average Bonchev–Trinajstić information content (AvgIpc) is 3.46. The molecule has 0 radical (unpaired) electrons. The van der Waals surface area contributed by atoms with Gasteiger partial charge < -0.3 is 20.3 Å². The fourth-order valence-electron chi connectivity index (χ4n) is 6.65. The number of likely N-dealkylation sites (tertiary alicyclic amines) is 2. The molecule has 2 saturated heterocycles. The first-order valence-corrected chi connectivity index (χ1v) is 17.1. The van der Waals surface area contributed by atoms with Crippen molar-refractivity contribution in [2.24, 2.45) is 0 Å². The van der Waals surface area contributed by atoms with Crippen molar-refractivity contribution in [3.63, 3.8) is 0 Å². The van der Waals surface area contributed by atoms with E-state index in [1.54, 1.807) is 23.2 Å². The number of para-hydroxylation sites is 1. The van der Waals surface area contributed by atoms with E-state index in [1.807, 2.05) is 66.4 Å². The number of carbonyl (C=O) groups is 3. The van der Waals surface area contributed by atoms with Crippen LogP contribution in [-0.4, -0.2) is 71.4 Å².